The topological polar surface area (TPSA) is 77.2 Å². The van der Waals surface area contributed by atoms with Crippen LogP contribution in [0.3, 0.4) is 0 Å². The molecule has 0 unspecified atom stereocenters. The number of hydrogen-bond donors (Lipinski definition) is 1. The van der Waals surface area contributed by atoms with Crippen LogP contribution >= 0.6 is 11.3 Å². The fourth-order valence-corrected chi connectivity index (χ4v) is 2.33. The smallest absolute Gasteiger partial charge is 0.323 e. The van der Waals surface area contributed by atoms with Gasteiger partial charge < -0.3 is 15.4 Å². The Morgan fingerprint density at radius 3 is 2.80 bits per heavy atom. The first-order valence-corrected chi connectivity index (χ1v) is 7.34. The van der Waals surface area contributed by atoms with Gasteiger partial charge in [-0.2, -0.15) is 15.0 Å². The van der Waals surface area contributed by atoms with Crippen LogP contribution in [0.25, 0.3) is 0 Å². The number of hydrogen-bond acceptors (Lipinski definition) is 7. The van der Waals surface area contributed by atoms with Gasteiger partial charge in [-0.3, -0.25) is 0 Å². The normalized spacial score (nSPS) is 10.8. The zero-order chi connectivity index (χ0) is 14.5. The van der Waals surface area contributed by atoms with E-state index in [1.165, 1.54) is 4.88 Å². The van der Waals surface area contributed by atoms with E-state index in [4.69, 9.17) is 10.5 Å². The van der Waals surface area contributed by atoms with E-state index < -0.39 is 0 Å². The first-order chi connectivity index (χ1) is 9.54. The van der Waals surface area contributed by atoms with Gasteiger partial charge in [0.2, 0.25) is 11.9 Å². The van der Waals surface area contributed by atoms with E-state index >= 15 is 0 Å². The Labute approximate surface area is 122 Å². The van der Waals surface area contributed by atoms with Crippen LogP contribution in [0.4, 0.5) is 11.9 Å². The summed E-state index contributed by atoms with van der Waals surface area (Å²) in [6, 6.07) is 4.44. The van der Waals surface area contributed by atoms with Crippen LogP contribution in [0.1, 0.15) is 18.7 Å². The lowest BCUT2D eigenvalue weighted by atomic mass is 10.3. The number of nitrogens with two attached hydrogens (primary N) is 1. The third-order valence-electron chi connectivity index (χ3n) is 2.58. The molecular weight excluding hydrogens is 274 g/mol. The molecule has 0 saturated carbocycles. The number of anilines is 2. The maximum atomic E-state index is 5.70. The van der Waals surface area contributed by atoms with E-state index in [1.54, 1.807) is 11.3 Å². The molecule has 2 heterocycles. The van der Waals surface area contributed by atoms with Crippen molar-refractivity contribution >= 4 is 23.2 Å². The van der Waals surface area contributed by atoms with Crippen LogP contribution in [0, 0.1) is 0 Å². The van der Waals surface area contributed by atoms with Crippen molar-refractivity contribution in [3.05, 3.63) is 22.4 Å². The van der Waals surface area contributed by atoms with Gasteiger partial charge in [0.05, 0.1) is 6.10 Å². The molecule has 2 aromatic rings. The number of likely N-dealkylation sites (N-methyl/N-ethyl adjacent to an activating group) is 1. The molecule has 108 valence electrons. The zero-order valence-electron chi connectivity index (χ0n) is 11.9. The van der Waals surface area contributed by atoms with E-state index in [0.29, 0.717) is 5.95 Å². The van der Waals surface area contributed by atoms with E-state index in [9.17, 15) is 0 Å². The maximum absolute atomic E-state index is 5.70. The average molecular weight is 293 g/mol. The summed E-state index contributed by atoms with van der Waals surface area (Å²) in [5.41, 5.74) is 5.70. The zero-order valence-corrected chi connectivity index (χ0v) is 12.7. The molecule has 0 bridgehead atoms. The molecule has 0 aromatic carbocycles. The van der Waals surface area contributed by atoms with Crippen LogP contribution in [0.15, 0.2) is 17.5 Å². The first kappa shape index (κ1) is 14.5. The van der Waals surface area contributed by atoms with Gasteiger partial charge in [0.1, 0.15) is 0 Å². The number of nitrogen functional groups attached to an aromatic ring is 1. The minimum Gasteiger partial charge on any atom is -0.461 e. The third-order valence-corrected chi connectivity index (χ3v) is 3.51. The van der Waals surface area contributed by atoms with Gasteiger partial charge in [-0.25, -0.2) is 0 Å². The van der Waals surface area contributed by atoms with Gasteiger partial charge in [0.25, 0.3) is 0 Å². The second kappa shape index (κ2) is 6.51. The molecule has 0 aliphatic carbocycles. The van der Waals surface area contributed by atoms with Crippen LogP contribution in [0.2, 0.25) is 0 Å². The van der Waals surface area contributed by atoms with Crippen molar-refractivity contribution in [2.45, 2.75) is 26.4 Å². The summed E-state index contributed by atoms with van der Waals surface area (Å²) < 4.78 is 5.47. The Morgan fingerprint density at radius 1 is 1.35 bits per heavy atom. The quantitative estimate of drug-likeness (QED) is 0.877. The van der Waals surface area contributed by atoms with Crippen LogP contribution in [-0.4, -0.2) is 34.6 Å². The van der Waals surface area contributed by atoms with Crippen molar-refractivity contribution in [3.63, 3.8) is 0 Å². The van der Waals surface area contributed by atoms with Crippen molar-refractivity contribution < 1.29 is 4.74 Å². The average Bonchev–Trinajstić information content (AvgIpc) is 2.87. The molecule has 0 atom stereocenters. The van der Waals surface area contributed by atoms with Crippen molar-refractivity contribution in [1.82, 2.24) is 15.0 Å². The lowest BCUT2D eigenvalue weighted by molar-refractivity contribution is 0.222. The van der Waals surface area contributed by atoms with E-state index in [0.717, 1.165) is 13.0 Å². The molecule has 20 heavy (non-hydrogen) atoms. The fraction of sp³-hybridized carbons (Fsp3) is 0.462. The summed E-state index contributed by atoms with van der Waals surface area (Å²) in [6.45, 7) is 4.64. The van der Waals surface area contributed by atoms with E-state index in [2.05, 4.69) is 32.5 Å². The molecule has 2 N–H and O–H groups in total. The largest absolute Gasteiger partial charge is 0.461 e. The Kier molecular flexibility index (Phi) is 4.73. The lowest BCUT2D eigenvalue weighted by Gasteiger charge is -2.17. The molecule has 0 amide bonds. The summed E-state index contributed by atoms with van der Waals surface area (Å²) in [4.78, 5) is 15.7. The standard InChI is InChI=1S/C13H19N5OS/c1-9(2)19-13-16-11(14)15-12(17-13)18(3)7-6-10-5-4-8-20-10/h4-5,8-9H,6-7H2,1-3H3,(H2,14,15,16,17). The summed E-state index contributed by atoms with van der Waals surface area (Å²) in [6.07, 6.45) is 0.946. The molecule has 0 fully saturated rings. The molecule has 0 aliphatic rings. The predicted octanol–water partition coefficient (Wildman–Crippen LogP) is 1.98. The van der Waals surface area contributed by atoms with E-state index in [1.807, 2.05) is 25.8 Å². The lowest BCUT2D eigenvalue weighted by Crippen LogP contribution is -2.23. The summed E-state index contributed by atoms with van der Waals surface area (Å²) >= 11 is 1.75. The van der Waals surface area contributed by atoms with E-state index in [-0.39, 0.29) is 18.1 Å². The molecule has 7 heteroatoms. The third kappa shape index (κ3) is 4.06. The monoisotopic (exact) mass is 293 g/mol. The SMILES string of the molecule is CC(C)Oc1nc(N)nc(N(C)CCc2cccs2)n1. The molecule has 2 aromatic heterocycles. The highest BCUT2D eigenvalue weighted by Gasteiger charge is 2.11. The first-order valence-electron chi connectivity index (χ1n) is 6.46. The number of ether oxygens (including phenoxy) is 1. The van der Waals surface area contributed by atoms with Crippen molar-refractivity contribution in [3.8, 4) is 6.01 Å². The predicted molar refractivity (Wildman–Crippen MR) is 81.3 cm³/mol. The second-order valence-electron chi connectivity index (χ2n) is 4.69. The van der Waals surface area contributed by atoms with Gasteiger partial charge in [-0.15, -0.1) is 11.3 Å². The van der Waals surface area contributed by atoms with Crippen molar-refractivity contribution in [2.75, 3.05) is 24.2 Å². The summed E-state index contributed by atoms with van der Waals surface area (Å²) in [5.74, 6) is 0.707. The minimum atomic E-state index is 0.000995. The molecular formula is C13H19N5OS. The van der Waals surface area contributed by atoms with Crippen molar-refractivity contribution in [1.29, 1.82) is 0 Å². The summed E-state index contributed by atoms with van der Waals surface area (Å²) in [5, 5.41) is 2.07. The van der Waals surface area contributed by atoms with Gasteiger partial charge in [0.15, 0.2) is 0 Å². The van der Waals surface area contributed by atoms with Gasteiger partial charge >= 0.3 is 6.01 Å². The number of nitrogens with zero attached hydrogens (tertiary/aromatic N) is 4. The Hall–Kier alpha value is -1.89. The highest BCUT2D eigenvalue weighted by Crippen LogP contribution is 2.15. The van der Waals surface area contributed by atoms with Crippen LogP contribution in [-0.2, 0) is 6.42 Å². The molecule has 0 aliphatic heterocycles. The number of aromatic nitrogens is 3. The van der Waals surface area contributed by atoms with Crippen LogP contribution in [0.5, 0.6) is 6.01 Å². The Bertz CT molecular complexity index is 544. The fourth-order valence-electron chi connectivity index (χ4n) is 1.63. The molecule has 0 saturated heterocycles. The molecule has 2 rings (SSSR count). The van der Waals surface area contributed by atoms with Gasteiger partial charge in [0, 0.05) is 18.5 Å². The Balaban J connectivity index is 2.04. The highest BCUT2D eigenvalue weighted by molar-refractivity contribution is 7.09. The highest BCUT2D eigenvalue weighted by atomic mass is 32.1. The summed E-state index contributed by atoms with van der Waals surface area (Å²) in [7, 11) is 1.93. The molecule has 6 nitrogen and oxygen atoms in total. The number of thiophene rings is 1. The number of rotatable bonds is 6. The van der Waals surface area contributed by atoms with Gasteiger partial charge in [-0.1, -0.05) is 6.07 Å². The van der Waals surface area contributed by atoms with Gasteiger partial charge in [-0.05, 0) is 31.7 Å². The maximum Gasteiger partial charge on any atom is 0.323 e. The second-order valence-corrected chi connectivity index (χ2v) is 5.73. The van der Waals surface area contributed by atoms with Crippen molar-refractivity contribution in [2.24, 2.45) is 0 Å². The molecule has 0 spiro atoms. The minimum absolute atomic E-state index is 0.000995. The van der Waals surface area contributed by atoms with Crippen LogP contribution < -0.4 is 15.4 Å². The Morgan fingerprint density at radius 2 is 2.15 bits per heavy atom. The molecule has 0 radical (unpaired) electrons.